The molecule has 21 heteroatoms. The normalized spacial score (nSPS) is 25.8. The number of aliphatic hydroxyl groups is 3. The molecular formula is C41H76N10O11. The minimum Gasteiger partial charge on any atom is -0.459 e. The van der Waals surface area contributed by atoms with Gasteiger partial charge in [-0.2, -0.15) is 0 Å². The molecule has 15 N–H and O–H groups in total. The molecule has 0 aliphatic carbocycles. The third-order valence-electron chi connectivity index (χ3n) is 10.5. The highest BCUT2D eigenvalue weighted by Gasteiger charge is 2.39. The number of nitrogens with two attached hydrogens (primary N) is 2. The lowest BCUT2D eigenvalue weighted by Gasteiger charge is -2.34. The van der Waals surface area contributed by atoms with Crippen LogP contribution in [-0.4, -0.2) is 130 Å². The molecule has 1 heterocycles. The standard InChI is InChI=1S/C41H76N10O11/c1-22(2)31-36(57)49-32(23(3)4)37(58)51-33(25(6)52)38(59)47-28(21-29(42)54)35(56)46-24(5)40(61)62-26(7)34(39(60)50-31)48-30(55)20-27(53)18-16-14-12-10-8-9-11-13-15-17-19-45-41(43)44/h22-28,31-34,39,50,52-53,60H,8-21H2,1-7H3,(H2,42,54)(H,46,56)(H,47,59)(H,48,55)(H,49,57)(H,51,58)(H4,43,44,45). The summed E-state index contributed by atoms with van der Waals surface area (Å²) in [5.41, 5.74) is 10.6. The molecule has 62 heavy (non-hydrogen) atoms. The largest absolute Gasteiger partial charge is 0.459 e. The smallest absolute Gasteiger partial charge is 0.328 e. The fourth-order valence-electron chi connectivity index (χ4n) is 6.84. The second kappa shape index (κ2) is 28.9. The van der Waals surface area contributed by atoms with Gasteiger partial charge in [0.25, 0.3) is 0 Å². The van der Waals surface area contributed by atoms with Crippen LogP contribution in [0.1, 0.15) is 132 Å². The van der Waals surface area contributed by atoms with Crippen LogP contribution in [0.2, 0.25) is 0 Å². The lowest BCUT2D eigenvalue weighted by molar-refractivity contribution is -0.156. The van der Waals surface area contributed by atoms with E-state index < -0.39 is 120 Å². The first-order chi connectivity index (χ1) is 29.0. The summed E-state index contributed by atoms with van der Waals surface area (Å²) in [6.07, 6.45) is 3.87. The molecular weight excluding hydrogens is 809 g/mol. The highest BCUT2D eigenvalue weighted by atomic mass is 16.5. The van der Waals surface area contributed by atoms with Gasteiger partial charge < -0.3 is 63.4 Å². The first-order valence-electron chi connectivity index (χ1n) is 21.9. The van der Waals surface area contributed by atoms with Crippen molar-refractivity contribution in [1.82, 2.24) is 37.2 Å². The molecule has 21 nitrogen and oxygen atoms in total. The van der Waals surface area contributed by atoms with Gasteiger partial charge in [0.1, 0.15) is 42.5 Å². The number of cyclic esters (lactones) is 1. The van der Waals surface area contributed by atoms with Gasteiger partial charge in [-0.1, -0.05) is 85.5 Å². The van der Waals surface area contributed by atoms with E-state index in [1.807, 2.05) is 0 Å². The number of hydrogen-bond donors (Lipinski definition) is 13. The minimum absolute atomic E-state index is 0.0104. The zero-order chi connectivity index (χ0) is 47.1. The maximum Gasteiger partial charge on any atom is 0.328 e. The van der Waals surface area contributed by atoms with Crippen LogP contribution in [0.5, 0.6) is 0 Å². The minimum atomic E-state index is -1.75. The summed E-state index contributed by atoms with van der Waals surface area (Å²) in [6, 6.07) is -8.61. The third kappa shape index (κ3) is 21.5. The molecule has 0 aromatic heterocycles. The van der Waals surface area contributed by atoms with Gasteiger partial charge >= 0.3 is 5.97 Å². The average Bonchev–Trinajstić information content (AvgIpc) is 3.16. The van der Waals surface area contributed by atoms with Crippen molar-refractivity contribution in [3.8, 4) is 0 Å². The predicted octanol–water partition coefficient (Wildman–Crippen LogP) is -1.25. The first kappa shape index (κ1) is 55.4. The van der Waals surface area contributed by atoms with Gasteiger partial charge in [-0.15, -0.1) is 0 Å². The molecule has 6 amide bonds. The number of rotatable bonds is 21. The first-order valence-corrected chi connectivity index (χ1v) is 21.9. The number of ether oxygens (including phenoxy) is 1. The molecule has 0 aromatic carbocycles. The number of primary amides is 1. The van der Waals surface area contributed by atoms with E-state index in [9.17, 15) is 48.9 Å². The number of esters is 1. The molecule has 0 aromatic rings. The molecule has 1 fully saturated rings. The Kier molecular flexibility index (Phi) is 25.8. The molecule has 0 saturated carbocycles. The number of nitrogens with one attached hydrogen (secondary N) is 8. The predicted molar refractivity (Wildman–Crippen MR) is 230 cm³/mol. The van der Waals surface area contributed by atoms with Crippen molar-refractivity contribution in [2.24, 2.45) is 23.3 Å². The van der Waals surface area contributed by atoms with Crippen LogP contribution < -0.4 is 48.7 Å². The second-order valence-electron chi connectivity index (χ2n) is 17.0. The quantitative estimate of drug-likeness (QED) is 0.0277. The Balaban J connectivity index is 3.17. The number of carbonyl (C=O) groups excluding carboxylic acids is 7. The van der Waals surface area contributed by atoms with E-state index in [2.05, 4.69) is 37.2 Å². The molecule has 0 bridgehead atoms. The van der Waals surface area contributed by atoms with Crippen LogP contribution in [-0.2, 0) is 38.3 Å². The molecule has 10 unspecified atom stereocenters. The molecule has 10 atom stereocenters. The molecule has 1 saturated heterocycles. The molecule has 0 spiro atoms. The molecule has 0 radical (unpaired) electrons. The Hall–Kier alpha value is -4.60. The van der Waals surface area contributed by atoms with Crippen LogP contribution in [0.3, 0.4) is 0 Å². The van der Waals surface area contributed by atoms with E-state index in [-0.39, 0.29) is 12.4 Å². The van der Waals surface area contributed by atoms with Gasteiger partial charge in [0.05, 0.1) is 31.1 Å². The maximum atomic E-state index is 13.8. The zero-order valence-corrected chi connectivity index (χ0v) is 37.6. The SMILES string of the molecule is CC1NC(=O)C(CC(N)=O)NC(=O)C(C(C)O)NC(=O)C(C(C)C)NC(=O)C(C(C)C)NC(O)C(NC(=O)CC(O)CCCCCCCCCCCCNC(=N)N)C(C)OC1=O. The maximum absolute atomic E-state index is 13.8. The fraction of sp³-hybridized carbons (Fsp3) is 0.805. The van der Waals surface area contributed by atoms with E-state index in [0.717, 1.165) is 57.8 Å². The van der Waals surface area contributed by atoms with Crippen LogP contribution in [0.25, 0.3) is 0 Å². The van der Waals surface area contributed by atoms with Gasteiger partial charge in [0, 0.05) is 6.54 Å². The summed E-state index contributed by atoms with van der Waals surface area (Å²) in [7, 11) is 0. The molecule has 1 aliphatic rings. The topological polar surface area (TPSA) is 350 Å². The molecule has 1 rings (SSSR count). The Morgan fingerprint density at radius 3 is 1.74 bits per heavy atom. The number of guanidine groups is 1. The van der Waals surface area contributed by atoms with Crippen molar-refractivity contribution in [3.63, 3.8) is 0 Å². The summed E-state index contributed by atoms with van der Waals surface area (Å²) in [5.74, 6) is -7.51. The van der Waals surface area contributed by atoms with Crippen molar-refractivity contribution in [2.75, 3.05) is 6.54 Å². The second-order valence-corrected chi connectivity index (χ2v) is 17.0. The van der Waals surface area contributed by atoms with Crippen LogP contribution in [0, 0.1) is 17.2 Å². The number of hydrogen-bond acceptors (Lipinski definition) is 13. The number of carbonyl (C=O) groups is 7. The Labute approximate surface area is 365 Å². The van der Waals surface area contributed by atoms with Crippen LogP contribution in [0.4, 0.5) is 0 Å². The summed E-state index contributed by atoms with van der Waals surface area (Å²) < 4.78 is 5.58. The monoisotopic (exact) mass is 885 g/mol. The average molecular weight is 885 g/mol. The van der Waals surface area contributed by atoms with E-state index in [0.29, 0.717) is 19.4 Å². The number of unbranched alkanes of at least 4 members (excludes halogenated alkanes) is 9. The lowest BCUT2D eigenvalue weighted by atomic mass is 9.98. The van der Waals surface area contributed by atoms with Crippen molar-refractivity contribution >= 4 is 47.4 Å². The summed E-state index contributed by atoms with van der Waals surface area (Å²) >= 11 is 0. The van der Waals surface area contributed by atoms with E-state index >= 15 is 0 Å². The highest BCUT2D eigenvalue weighted by Crippen LogP contribution is 2.15. The Morgan fingerprint density at radius 2 is 1.23 bits per heavy atom. The summed E-state index contributed by atoms with van der Waals surface area (Å²) in [5, 5.41) is 57.8. The highest BCUT2D eigenvalue weighted by molar-refractivity contribution is 5.97. The fourth-order valence-corrected chi connectivity index (χ4v) is 6.84. The van der Waals surface area contributed by atoms with Crippen LogP contribution in [0.15, 0.2) is 0 Å². The summed E-state index contributed by atoms with van der Waals surface area (Å²) in [4.78, 5) is 92.5. The van der Waals surface area contributed by atoms with Gasteiger partial charge in [0.15, 0.2) is 5.96 Å². The lowest BCUT2D eigenvalue weighted by Crippen LogP contribution is -2.64. The van der Waals surface area contributed by atoms with Gasteiger partial charge in [-0.3, -0.25) is 39.5 Å². The number of amides is 6. The third-order valence-corrected chi connectivity index (χ3v) is 10.5. The van der Waals surface area contributed by atoms with E-state index in [1.54, 1.807) is 27.7 Å². The van der Waals surface area contributed by atoms with E-state index in [1.165, 1.54) is 20.8 Å². The van der Waals surface area contributed by atoms with Crippen molar-refractivity contribution in [3.05, 3.63) is 0 Å². The van der Waals surface area contributed by atoms with Gasteiger partial charge in [0.2, 0.25) is 35.4 Å². The Morgan fingerprint density at radius 1 is 0.726 bits per heavy atom. The van der Waals surface area contributed by atoms with Crippen molar-refractivity contribution in [1.29, 1.82) is 5.41 Å². The molecule has 1 aliphatic heterocycles. The zero-order valence-electron chi connectivity index (χ0n) is 37.6. The number of aliphatic hydroxyl groups excluding tert-OH is 3. The van der Waals surface area contributed by atoms with Crippen LogP contribution >= 0.6 is 0 Å². The van der Waals surface area contributed by atoms with E-state index in [4.69, 9.17) is 21.6 Å². The van der Waals surface area contributed by atoms with Gasteiger partial charge in [-0.05, 0) is 45.4 Å². The van der Waals surface area contributed by atoms with Gasteiger partial charge in [-0.25, -0.2) is 4.79 Å². The summed E-state index contributed by atoms with van der Waals surface area (Å²) in [6.45, 7) is 11.1. The Bertz CT molecular complexity index is 1470. The van der Waals surface area contributed by atoms with Crippen molar-refractivity contribution in [2.45, 2.75) is 193 Å². The van der Waals surface area contributed by atoms with Crippen molar-refractivity contribution < 1.29 is 53.6 Å². The molecule has 356 valence electrons.